The zero-order valence-corrected chi connectivity index (χ0v) is 12.1. The number of piperidine rings is 1. The Hall–Kier alpha value is -0.610. The van der Waals surface area contributed by atoms with E-state index in [2.05, 4.69) is 17.6 Å². The van der Waals surface area contributed by atoms with Gasteiger partial charge < -0.3 is 15.7 Å². The zero-order valence-electron chi connectivity index (χ0n) is 12.1. The Balaban J connectivity index is 1.82. The fourth-order valence-corrected chi connectivity index (χ4v) is 3.33. The molecular weight excluding hydrogens is 240 g/mol. The summed E-state index contributed by atoms with van der Waals surface area (Å²) in [6.45, 7) is 4.39. The summed E-state index contributed by atoms with van der Waals surface area (Å²) < 4.78 is 0. The van der Waals surface area contributed by atoms with E-state index in [1.165, 1.54) is 0 Å². The van der Waals surface area contributed by atoms with Gasteiger partial charge in [-0.2, -0.15) is 0 Å². The first-order valence-corrected chi connectivity index (χ1v) is 7.76. The Labute approximate surface area is 116 Å². The van der Waals surface area contributed by atoms with Crippen molar-refractivity contribution in [3.63, 3.8) is 0 Å². The highest BCUT2D eigenvalue weighted by molar-refractivity contribution is 5.77. The minimum atomic E-state index is -0.337. The Morgan fingerprint density at radius 3 is 2.47 bits per heavy atom. The number of rotatable bonds is 4. The lowest BCUT2D eigenvalue weighted by atomic mass is 9.77. The third kappa shape index (κ3) is 4.18. The lowest BCUT2D eigenvalue weighted by Crippen LogP contribution is -2.53. The molecule has 1 aliphatic carbocycles. The van der Waals surface area contributed by atoms with Crippen LogP contribution in [0, 0.1) is 11.8 Å². The number of amides is 1. The van der Waals surface area contributed by atoms with Gasteiger partial charge in [-0.25, -0.2) is 0 Å². The number of carbonyl (C=O) groups excluding carboxylic acids is 1. The largest absolute Gasteiger partial charge is 0.394 e. The number of aliphatic hydroxyl groups is 1. The minimum absolute atomic E-state index is 0.0810. The van der Waals surface area contributed by atoms with Crippen LogP contribution in [0.2, 0.25) is 0 Å². The summed E-state index contributed by atoms with van der Waals surface area (Å²) in [7, 11) is 0. The van der Waals surface area contributed by atoms with Crippen molar-refractivity contribution in [1.29, 1.82) is 0 Å². The Bertz CT molecular complexity index is 293. The van der Waals surface area contributed by atoms with Gasteiger partial charge in [0.2, 0.25) is 5.91 Å². The van der Waals surface area contributed by atoms with Crippen molar-refractivity contribution in [1.82, 2.24) is 10.6 Å². The van der Waals surface area contributed by atoms with Crippen LogP contribution in [-0.4, -0.2) is 36.2 Å². The number of hydrogen-bond donors (Lipinski definition) is 3. The second-order valence-corrected chi connectivity index (χ2v) is 6.57. The molecule has 2 fully saturated rings. The molecule has 0 radical (unpaired) electrons. The minimum Gasteiger partial charge on any atom is -0.394 e. The van der Waals surface area contributed by atoms with Gasteiger partial charge in [0.05, 0.1) is 12.1 Å². The van der Waals surface area contributed by atoms with E-state index >= 15 is 0 Å². The average Bonchev–Trinajstić information content (AvgIpc) is 2.43. The van der Waals surface area contributed by atoms with Gasteiger partial charge >= 0.3 is 0 Å². The van der Waals surface area contributed by atoms with Gasteiger partial charge in [-0.15, -0.1) is 0 Å². The van der Waals surface area contributed by atoms with E-state index in [0.29, 0.717) is 12.3 Å². The molecule has 0 unspecified atom stereocenters. The average molecular weight is 268 g/mol. The van der Waals surface area contributed by atoms with E-state index < -0.39 is 0 Å². The van der Waals surface area contributed by atoms with Crippen LogP contribution in [-0.2, 0) is 4.79 Å². The summed E-state index contributed by atoms with van der Waals surface area (Å²) in [5.74, 6) is 1.37. The molecule has 1 saturated heterocycles. The van der Waals surface area contributed by atoms with Gasteiger partial charge in [0.25, 0.3) is 0 Å². The Morgan fingerprint density at radius 1 is 1.26 bits per heavy atom. The highest BCUT2D eigenvalue weighted by Gasteiger charge is 2.35. The van der Waals surface area contributed by atoms with Gasteiger partial charge in [0.1, 0.15) is 0 Å². The molecule has 1 aliphatic heterocycles. The molecule has 3 N–H and O–H groups in total. The standard InChI is InChI=1S/C15H28N2O2/c1-12-2-6-15(11-18,7-3-12)17-14(19)10-13-4-8-16-9-5-13/h12-13,16,18H,2-11H2,1H3,(H,17,19). The van der Waals surface area contributed by atoms with Crippen LogP contribution < -0.4 is 10.6 Å². The maximum Gasteiger partial charge on any atom is 0.220 e. The molecule has 19 heavy (non-hydrogen) atoms. The number of carbonyl (C=O) groups is 1. The first-order valence-electron chi connectivity index (χ1n) is 7.76. The molecule has 0 aromatic rings. The topological polar surface area (TPSA) is 61.4 Å². The third-order valence-corrected chi connectivity index (χ3v) is 4.87. The molecule has 4 heteroatoms. The van der Waals surface area contributed by atoms with Crippen molar-refractivity contribution in [2.24, 2.45) is 11.8 Å². The van der Waals surface area contributed by atoms with Crippen LogP contribution in [0.1, 0.15) is 51.9 Å². The summed E-state index contributed by atoms with van der Waals surface area (Å²) in [5.41, 5.74) is -0.337. The highest BCUT2D eigenvalue weighted by Crippen LogP contribution is 2.32. The first kappa shape index (κ1) is 14.8. The van der Waals surface area contributed by atoms with Gasteiger partial charge in [-0.3, -0.25) is 4.79 Å². The SMILES string of the molecule is CC1CCC(CO)(NC(=O)CC2CCNCC2)CC1. The van der Waals surface area contributed by atoms with E-state index in [0.717, 1.165) is 57.5 Å². The van der Waals surface area contributed by atoms with Crippen molar-refractivity contribution in [3.8, 4) is 0 Å². The molecule has 0 spiro atoms. The molecule has 1 amide bonds. The molecule has 1 saturated carbocycles. The van der Waals surface area contributed by atoms with Crippen molar-refractivity contribution < 1.29 is 9.90 Å². The lowest BCUT2D eigenvalue weighted by molar-refractivity contribution is -0.125. The maximum atomic E-state index is 12.2. The summed E-state index contributed by atoms with van der Waals surface area (Å²) in [6.07, 6.45) is 6.86. The Kier molecular flexibility index (Phi) is 5.22. The van der Waals surface area contributed by atoms with Crippen molar-refractivity contribution in [2.45, 2.75) is 57.4 Å². The van der Waals surface area contributed by atoms with Crippen molar-refractivity contribution in [3.05, 3.63) is 0 Å². The first-order chi connectivity index (χ1) is 9.13. The third-order valence-electron chi connectivity index (χ3n) is 4.87. The molecule has 1 heterocycles. The van der Waals surface area contributed by atoms with Crippen LogP contribution in [0.5, 0.6) is 0 Å². The van der Waals surface area contributed by atoms with Crippen LogP contribution in [0.4, 0.5) is 0 Å². The molecular formula is C15H28N2O2. The fraction of sp³-hybridized carbons (Fsp3) is 0.933. The predicted octanol–water partition coefficient (Wildman–Crippen LogP) is 1.43. The second kappa shape index (κ2) is 6.71. The van der Waals surface area contributed by atoms with E-state index in [-0.39, 0.29) is 18.1 Å². The second-order valence-electron chi connectivity index (χ2n) is 6.57. The summed E-state index contributed by atoms with van der Waals surface area (Å²) in [6, 6.07) is 0. The summed E-state index contributed by atoms with van der Waals surface area (Å²) in [5, 5.41) is 16.1. The number of nitrogens with one attached hydrogen (secondary N) is 2. The summed E-state index contributed by atoms with van der Waals surface area (Å²) in [4.78, 5) is 12.2. The van der Waals surface area contributed by atoms with E-state index in [9.17, 15) is 9.90 Å². The van der Waals surface area contributed by atoms with Crippen LogP contribution in [0.3, 0.4) is 0 Å². The Morgan fingerprint density at radius 2 is 1.89 bits per heavy atom. The van der Waals surface area contributed by atoms with E-state index in [1.807, 2.05) is 0 Å². The lowest BCUT2D eigenvalue weighted by Gasteiger charge is -2.39. The quantitative estimate of drug-likeness (QED) is 0.723. The highest BCUT2D eigenvalue weighted by atomic mass is 16.3. The molecule has 0 atom stereocenters. The van der Waals surface area contributed by atoms with Crippen molar-refractivity contribution >= 4 is 5.91 Å². The van der Waals surface area contributed by atoms with Gasteiger partial charge in [0.15, 0.2) is 0 Å². The van der Waals surface area contributed by atoms with Gasteiger partial charge in [-0.05, 0) is 63.5 Å². The van der Waals surface area contributed by atoms with Crippen LogP contribution in [0.25, 0.3) is 0 Å². The number of aliphatic hydroxyl groups excluding tert-OH is 1. The molecule has 0 aromatic carbocycles. The number of hydrogen-bond acceptors (Lipinski definition) is 3. The molecule has 4 nitrogen and oxygen atoms in total. The van der Waals surface area contributed by atoms with E-state index in [4.69, 9.17) is 0 Å². The van der Waals surface area contributed by atoms with Gasteiger partial charge in [-0.1, -0.05) is 6.92 Å². The smallest absolute Gasteiger partial charge is 0.220 e. The zero-order chi connectivity index (χ0) is 13.7. The molecule has 110 valence electrons. The van der Waals surface area contributed by atoms with Crippen LogP contribution >= 0.6 is 0 Å². The molecule has 0 bridgehead atoms. The molecule has 2 rings (SSSR count). The molecule has 2 aliphatic rings. The summed E-state index contributed by atoms with van der Waals surface area (Å²) >= 11 is 0. The normalized spacial score (nSPS) is 33.1. The van der Waals surface area contributed by atoms with E-state index in [1.54, 1.807) is 0 Å². The molecule has 0 aromatic heterocycles. The fourth-order valence-electron chi connectivity index (χ4n) is 3.33. The van der Waals surface area contributed by atoms with Crippen molar-refractivity contribution in [2.75, 3.05) is 19.7 Å². The van der Waals surface area contributed by atoms with Crippen LogP contribution in [0.15, 0.2) is 0 Å². The predicted molar refractivity (Wildman–Crippen MR) is 75.8 cm³/mol. The monoisotopic (exact) mass is 268 g/mol. The van der Waals surface area contributed by atoms with Gasteiger partial charge in [0, 0.05) is 6.42 Å². The maximum absolute atomic E-state index is 12.2.